The molecule has 0 aliphatic rings. The second-order valence-electron chi connectivity index (χ2n) is 5.19. The zero-order valence-corrected chi connectivity index (χ0v) is 13.6. The van der Waals surface area contributed by atoms with Gasteiger partial charge in [-0.3, -0.25) is 4.79 Å². The number of carbonyl (C=O) groups is 1. The van der Waals surface area contributed by atoms with Crippen molar-refractivity contribution in [1.29, 1.82) is 0 Å². The van der Waals surface area contributed by atoms with Crippen LogP contribution in [0.15, 0.2) is 36.4 Å². The van der Waals surface area contributed by atoms with E-state index in [1.807, 2.05) is 12.1 Å². The zero-order valence-electron chi connectivity index (χ0n) is 13.6. The molecule has 24 heavy (non-hydrogen) atoms. The summed E-state index contributed by atoms with van der Waals surface area (Å²) in [5.41, 5.74) is 0.575. The fourth-order valence-corrected chi connectivity index (χ4v) is 2.31. The van der Waals surface area contributed by atoms with Gasteiger partial charge in [-0.2, -0.15) is 0 Å². The highest BCUT2D eigenvalue weighted by molar-refractivity contribution is 5.90. The van der Waals surface area contributed by atoms with Crippen molar-refractivity contribution in [3.8, 4) is 11.5 Å². The van der Waals surface area contributed by atoms with Gasteiger partial charge < -0.3 is 14.8 Å². The van der Waals surface area contributed by atoms with Crippen molar-refractivity contribution in [2.24, 2.45) is 0 Å². The molecule has 1 N–H and O–H groups in total. The molecular weight excluding hydrogens is 316 g/mol. The van der Waals surface area contributed by atoms with E-state index in [2.05, 4.69) is 5.32 Å². The van der Waals surface area contributed by atoms with Gasteiger partial charge in [0.15, 0.2) is 11.5 Å². The molecule has 0 aliphatic carbocycles. The minimum atomic E-state index is -0.789. The second-order valence-corrected chi connectivity index (χ2v) is 5.19. The first-order valence-electron chi connectivity index (χ1n) is 7.50. The van der Waals surface area contributed by atoms with Crippen molar-refractivity contribution < 1.29 is 23.0 Å². The summed E-state index contributed by atoms with van der Waals surface area (Å²) in [6.07, 6.45) is 1.33. The fraction of sp³-hybridized carbons (Fsp3) is 0.278. The molecule has 0 saturated heterocycles. The minimum Gasteiger partial charge on any atom is -0.493 e. The van der Waals surface area contributed by atoms with Gasteiger partial charge in [0.25, 0.3) is 0 Å². The van der Waals surface area contributed by atoms with Gasteiger partial charge >= 0.3 is 0 Å². The molecule has 1 amide bonds. The van der Waals surface area contributed by atoms with E-state index in [0.717, 1.165) is 17.7 Å². The molecule has 2 rings (SSSR count). The highest BCUT2D eigenvalue weighted by atomic mass is 19.1. The van der Waals surface area contributed by atoms with Crippen molar-refractivity contribution in [2.45, 2.75) is 19.3 Å². The average molecular weight is 335 g/mol. The van der Waals surface area contributed by atoms with E-state index in [0.29, 0.717) is 24.3 Å². The summed E-state index contributed by atoms with van der Waals surface area (Å²) in [6, 6.07) is 8.97. The van der Waals surface area contributed by atoms with Crippen LogP contribution in [0.4, 0.5) is 14.5 Å². The van der Waals surface area contributed by atoms with Crippen molar-refractivity contribution in [1.82, 2.24) is 0 Å². The minimum absolute atomic E-state index is 0.155. The monoisotopic (exact) mass is 335 g/mol. The number of halogens is 2. The molecule has 6 heteroatoms. The zero-order chi connectivity index (χ0) is 17.5. The molecule has 0 heterocycles. The van der Waals surface area contributed by atoms with Crippen LogP contribution < -0.4 is 14.8 Å². The lowest BCUT2D eigenvalue weighted by Crippen LogP contribution is -2.14. The normalized spacial score (nSPS) is 10.3. The maximum absolute atomic E-state index is 13.5. The van der Waals surface area contributed by atoms with Crippen LogP contribution in [-0.4, -0.2) is 20.1 Å². The van der Waals surface area contributed by atoms with Crippen LogP contribution in [0.5, 0.6) is 11.5 Å². The number of methoxy groups -OCH3 is 2. The van der Waals surface area contributed by atoms with Crippen molar-refractivity contribution >= 4 is 11.6 Å². The van der Waals surface area contributed by atoms with Gasteiger partial charge in [-0.25, -0.2) is 8.78 Å². The number of carbonyl (C=O) groups excluding carboxylic acids is 1. The largest absolute Gasteiger partial charge is 0.493 e. The van der Waals surface area contributed by atoms with Gasteiger partial charge in [-0.1, -0.05) is 12.1 Å². The number of ether oxygens (including phenoxy) is 2. The first-order chi connectivity index (χ1) is 11.5. The summed E-state index contributed by atoms with van der Waals surface area (Å²) < 4.78 is 37.3. The van der Waals surface area contributed by atoms with Crippen molar-refractivity contribution in [3.05, 3.63) is 53.6 Å². The van der Waals surface area contributed by atoms with Crippen LogP contribution in [-0.2, 0) is 11.2 Å². The predicted molar refractivity (Wildman–Crippen MR) is 87.5 cm³/mol. The van der Waals surface area contributed by atoms with E-state index in [1.165, 1.54) is 6.07 Å². The number of amides is 1. The molecule has 128 valence electrons. The Labute approximate surface area is 139 Å². The van der Waals surface area contributed by atoms with E-state index in [1.54, 1.807) is 20.3 Å². The van der Waals surface area contributed by atoms with Crippen LogP contribution in [0, 0.1) is 11.6 Å². The van der Waals surface area contributed by atoms with Crippen LogP contribution in [0.3, 0.4) is 0 Å². The van der Waals surface area contributed by atoms with Gasteiger partial charge in [-0.15, -0.1) is 0 Å². The van der Waals surface area contributed by atoms with E-state index in [-0.39, 0.29) is 6.42 Å². The number of hydrogen-bond acceptors (Lipinski definition) is 3. The highest BCUT2D eigenvalue weighted by Crippen LogP contribution is 2.28. The molecule has 0 aliphatic heterocycles. The molecule has 0 radical (unpaired) electrons. The number of benzene rings is 2. The standard InChI is InChI=1S/C18H19F2NO3/c1-23-15-10-9-12(11-16(15)24-2)5-3-8-17(22)21-18-13(19)6-4-7-14(18)20/h4,6-7,9-11H,3,5,8H2,1-2H3,(H,21,22). The van der Waals surface area contributed by atoms with Crippen molar-refractivity contribution in [3.63, 3.8) is 0 Å². The first-order valence-corrected chi connectivity index (χ1v) is 7.50. The smallest absolute Gasteiger partial charge is 0.224 e. The maximum Gasteiger partial charge on any atom is 0.224 e. The van der Waals surface area contributed by atoms with Crippen LogP contribution >= 0.6 is 0 Å². The molecule has 0 spiro atoms. The summed E-state index contributed by atoms with van der Waals surface area (Å²) >= 11 is 0. The third-order valence-corrected chi connectivity index (χ3v) is 3.54. The van der Waals surface area contributed by atoms with Gasteiger partial charge in [0.05, 0.1) is 14.2 Å². The summed E-state index contributed by atoms with van der Waals surface area (Å²) in [7, 11) is 3.11. The molecular formula is C18H19F2NO3. The second kappa shape index (κ2) is 8.29. The lowest BCUT2D eigenvalue weighted by molar-refractivity contribution is -0.116. The highest BCUT2D eigenvalue weighted by Gasteiger charge is 2.12. The number of nitrogens with one attached hydrogen (secondary N) is 1. The molecule has 4 nitrogen and oxygen atoms in total. The molecule has 0 bridgehead atoms. The molecule has 0 fully saturated rings. The quantitative estimate of drug-likeness (QED) is 0.833. The Morgan fingerprint density at radius 3 is 2.33 bits per heavy atom. The topological polar surface area (TPSA) is 47.6 Å². The van der Waals surface area contributed by atoms with E-state index < -0.39 is 23.2 Å². The van der Waals surface area contributed by atoms with Crippen LogP contribution in [0.25, 0.3) is 0 Å². The predicted octanol–water partition coefficient (Wildman–Crippen LogP) is 3.94. The fourth-order valence-electron chi connectivity index (χ4n) is 2.31. The number of anilines is 1. The van der Waals surface area contributed by atoms with Gasteiger partial charge in [0.1, 0.15) is 17.3 Å². The van der Waals surface area contributed by atoms with Gasteiger partial charge in [0.2, 0.25) is 5.91 Å². The van der Waals surface area contributed by atoms with Crippen LogP contribution in [0.1, 0.15) is 18.4 Å². The lowest BCUT2D eigenvalue weighted by atomic mass is 10.1. The molecule has 0 atom stereocenters. The molecule has 0 saturated carbocycles. The number of aryl methyl sites for hydroxylation is 1. The SMILES string of the molecule is COc1ccc(CCCC(=O)Nc2c(F)cccc2F)cc1OC. The van der Waals surface area contributed by atoms with Crippen LogP contribution in [0.2, 0.25) is 0 Å². The maximum atomic E-state index is 13.5. The molecule has 2 aromatic rings. The Bertz CT molecular complexity index is 699. The molecule has 0 unspecified atom stereocenters. The molecule has 0 aromatic heterocycles. The summed E-state index contributed by atoms with van der Waals surface area (Å²) in [6.45, 7) is 0. The van der Waals surface area contributed by atoms with E-state index in [4.69, 9.17) is 9.47 Å². The Morgan fingerprint density at radius 2 is 1.71 bits per heavy atom. The summed E-state index contributed by atoms with van der Waals surface area (Å²) in [5.74, 6) is -0.757. The number of rotatable bonds is 7. The Balaban J connectivity index is 1.89. The van der Waals surface area contributed by atoms with E-state index in [9.17, 15) is 13.6 Å². The summed E-state index contributed by atoms with van der Waals surface area (Å²) in [4.78, 5) is 11.8. The number of para-hydroxylation sites is 1. The first kappa shape index (κ1) is 17.7. The Hall–Kier alpha value is -2.63. The average Bonchev–Trinajstić information content (AvgIpc) is 2.58. The Morgan fingerprint density at radius 1 is 1.04 bits per heavy atom. The lowest BCUT2D eigenvalue weighted by Gasteiger charge is -2.10. The van der Waals surface area contributed by atoms with E-state index >= 15 is 0 Å². The van der Waals surface area contributed by atoms with Crippen molar-refractivity contribution in [2.75, 3.05) is 19.5 Å². The van der Waals surface area contributed by atoms with Gasteiger partial charge in [-0.05, 0) is 42.7 Å². The number of hydrogen-bond donors (Lipinski definition) is 1. The third kappa shape index (κ3) is 4.44. The molecule has 2 aromatic carbocycles. The Kier molecular flexibility index (Phi) is 6.12. The third-order valence-electron chi connectivity index (χ3n) is 3.54. The van der Waals surface area contributed by atoms with Gasteiger partial charge in [0, 0.05) is 6.42 Å². The summed E-state index contributed by atoms with van der Waals surface area (Å²) in [5, 5.41) is 2.27.